The van der Waals surface area contributed by atoms with E-state index in [9.17, 15) is 9.59 Å². The second-order valence-electron chi connectivity index (χ2n) is 5.68. The molecule has 2 amide bonds. The van der Waals surface area contributed by atoms with Crippen LogP contribution in [0, 0.1) is 0 Å². The molecule has 19 heavy (non-hydrogen) atoms. The van der Waals surface area contributed by atoms with Crippen LogP contribution in [0.2, 0.25) is 0 Å². The Kier molecular flexibility index (Phi) is 3.70. The molecule has 2 aliphatic heterocycles. The molecule has 3 fully saturated rings. The van der Waals surface area contributed by atoms with Gasteiger partial charge < -0.3 is 20.3 Å². The van der Waals surface area contributed by atoms with Crippen LogP contribution < -0.4 is 10.6 Å². The Labute approximate surface area is 112 Å². The van der Waals surface area contributed by atoms with Crippen molar-refractivity contribution >= 4 is 11.8 Å². The molecule has 0 aromatic heterocycles. The number of amides is 2. The molecule has 2 N–H and O–H groups in total. The zero-order valence-corrected chi connectivity index (χ0v) is 11.1. The summed E-state index contributed by atoms with van der Waals surface area (Å²) in [5.41, 5.74) is 0. The van der Waals surface area contributed by atoms with E-state index in [1.165, 1.54) is 0 Å². The summed E-state index contributed by atoms with van der Waals surface area (Å²) in [4.78, 5) is 25.6. The SMILES string of the molecule is O=C(CC1COCCN1)NC1CC(=O)N(C2CC2)C1. The average Bonchev–Trinajstić information content (AvgIpc) is 3.15. The topological polar surface area (TPSA) is 70.7 Å². The Morgan fingerprint density at radius 1 is 1.47 bits per heavy atom. The lowest BCUT2D eigenvalue weighted by Gasteiger charge is -2.24. The first kappa shape index (κ1) is 12.9. The van der Waals surface area contributed by atoms with Gasteiger partial charge in [0.2, 0.25) is 11.8 Å². The standard InChI is InChI=1S/C13H21N3O3/c17-12(5-10-8-19-4-3-14-10)15-9-6-13(18)16(7-9)11-1-2-11/h9-11,14H,1-8H2,(H,15,17). The summed E-state index contributed by atoms with van der Waals surface area (Å²) in [5, 5.41) is 6.23. The number of morpholine rings is 1. The smallest absolute Gasteiger partial charge is 0.225 e. The molecule has 0 radical (unpaired) electrons. The minimum Gasteiger partial charge on any atom is -0.378 e. The van der Waals surface area contributed by atoms with Crippen LogP contribution in [0.4, 0.5) is 0 Å². The van der Waals surface area contributed by atoms with E-state index in [0.29, 0.717) is 38.6 Å². The van der Waals surface area contributed by atoms with Crippen LogP contribution in [-0.2, 0) is 14.3 Å². The van der Waals surface area contributed by atoms with Crippen molar-refractivity contribution in [3.05, 3.63) is 0 Å². The maximum Gasteiger partial charge on any atom is 0.225 e. The van der Waals surface area contributed by atoms with E-state index in [2.05, 4.69) is 10.6 Å². The van der Waals surface area contributed by atoms with Crippen molar-refractivity contribution in [3.8, 4) is 0 Å². The largest absolute Gasteiger partial charge is 0.378 e. The molecule has 1 saturated carbocycles. The van der Waals surface area contributed by atoms with Crippen LogP contribution >= 0.6 is 0 Å². The monoisotopic (exact) mass is 267 g/mol. The number of nitrogens with zero attached hydrogens (tertiary/aromatic N) is 1. The van der Waals surface area contributed by atoms with E-state index in [4.69, 9.17) is 4.74 Å². The Morgan fingerprint density at radius 2 is 2.32 bits per heavy atom. The van der Waals surface area contributed by atoms with Crippen LogP contribution in [0.5, 0.6) is 0 Å². The van der Waals surface area contributed by atoms with Crippen LogP contribution in [-0.4, -0.2) is 61.1 Å². The van der Waals surface area contributed by atoms with Gasteiger partial charge in [-0.1, -0.05) is 0 Å². The summed E-state index contributed by atoms with van der Waals surface area (Å²) in [6, 6.07) is 0.540. The van der Waals surface area contributed by atoms with Crippen molar-refractivity contribution in [1.29, 1.82) is 0 Å². The van der Waals surface area contributed by atoms with Crippen molar-refractivity contribution in [2.45, 2.75) is 43.8 Å². The van der Waals surface area contributed by atoms with Gasteiger partial charge in [-0.3, -0.25) is 9.59 Å². The maximum atomic E-state index is 11.9. The summed E-state index contributed by atoms with van der Waals surface area (Å²) in [5.74, 6) is 0.199. The van der Waals surface area contributed by atoms with E-state index in [1.807, 2.05) is 4.90 Å². The minimum atomic E-state index is -0.00916. The van der Waals surface area contributed by atoms with Gasteiger partial charge in [-0.2, -0.15) is 0 Å². The van der Waals surface area contributed by atoms with Crippen LogP contribution in [0.1, 0.15) is 25.7 Å². The molecule has 106 valence electrons. The Balaban J connectivity index is 1.43. The first-order valence-corrected chi connectivity index (χ1v) is 7.12. The summed E-state index contributed by atoms with van der Waals surface area (Å²) in [7, 11) is 0. The molecule has 2 saturated heterocycles. The van der Waals surface area contributed by atoms with E-state index in [0.717, 1.165) is 19.4 Å². The van der Waals surface area contributed by atoms with Gasteiger partial charge in [0.25, 0.3) is 0 Å². The number of hydrogen-bond donors (Lipinski definition) is 2. The fourth-order valence-corrected chi connectivity index (χ4v) is 2.83. The van der Waals surface area contributed by atoms with Gasteiger partial charge in [-0.15, -0.1) is 0 Å². The van der Waals surface area contributed by atoms with E-state index in [-0.39, 0.29) is 23.9 Å². The molecule has 6 nitrogen and oxygen atoms in total. The lowest BCUT2D eigenvalue weighted by molar-refractivity contribution is -0.128. The molecule has 0 bridgehead atoms. The highest BCUT2D eigenvalue weighted by Gasteiger charge is 2.39. The number of likely N-dealkylation sites (tertiary alicyclic amines) is 1. The predicted molar refractivity (Wildman–Crippen MR) is 68.5 cm³/mol. The van der Waals surface area contributed by atoms with Gasteiger partial charge in [-0.05, 0) is 12.8 Å². The fraction of sp³-hybridized carbons (Fsp3) is 0.846. The van der Waals surface area contributed by atoms with Crippen molar-refractivity contribution < 1.29 is 14.3 Å². The molecule has 3 aliphatic rings. The third kappa shape index (κ3) is 3.25. The van der Waals surface area contributed by atoms with Gasteiger partial charge in [0, 0.05) is 38.0 Å². The number of carbonyl (C=O) groups excluding carboxylic acids is 2. The molecule has 0 spiro atoms. The van der Waals surface area contributed by atoms with Gasteiger partial charge in [-0.25, -0.2) is 0 Å². The Hall–Kier alpha value is -1.14. The molecule has 2 atom stereocenters. The quantitative estimate of drug-likeness (QED) is 0.703. The molecule has 6 heteroatoms. The summed E-state index contributed by atoms with van der Waals surface area (Å²) in [6.07, 6.45) is 3.12. The third-order valence-electron chi connectivity index (χ3n) is 3.94. The molecule has 3 rings (SSSR count). The van der Waals surface area contributed by atoms with Gasteiger partial charge >= 0.3 is 0 Å². The van der Waals surface area contributed by atoms with Crippen molar-refractivity contribution in [1.82, 2.24) is 15.5 Å². The maximum absolute atomic E-state index is 11.9. The molecule has 0 aromatic rings. The number of carbonyl (C=O) groups is 2. The Bertz CT molecular complexity index is 364. The number of hydrogen-bond acceptors (Lipinski definition) is 4. The molecule has 0 aromatic carbocycles. The predicted octanol–water partition coefficient (Wildman–Crippen LogP) is -0.756. The zero-order chi connectivity index (χ0) is 13.2. The molecule has 1 aliphatic carbocycles. The van der Waals surface area contributed by atoms with Gasteiger partial charge in [0.15, 0.2) is 0 Å². The van der Waals surface area contributed by atoms with E-state index in [1.54, 1.807) is 0 Å². The summed E-state index contributed by atoms with van der Waals surface area (Å²) < 4.78 is 5.32. The third-order valence-corrected chi connectivity index (χ3v) is 3.94. The molecule has 2 unspecified atom stereocenters. The minimum absolute atomic E-state index is 0.00916. The highest BCUT2D eigenvalue weighted by atomic mass is 16.5. The van der Waals surface area contributed by atoms with Crippen LogP contribution in [0.3, 0.4) is 0 Å². The summed E-state index contributed by atoms with van der Waals surface area (Å²) in [6.45, 7) is 2.79. The van der Waals surface area contributed by atoms with Gasteiger partial charge in [0.05, 0.1) is 19.3 Å². The van der Waals surface area contributed by atoms with Crippen molar-refractivity contribution in [2.24, 2.45) is 0 Å². The second kappa shape index (κ2) is 5.46. The second-order valence-corrected chi connectivity index (χ2v) is 5.68. The van der Waals surface area contributed by atoms with E-state index >= 15 is 0 Å². The fourth-order valence-electron chi connectivity index (χ4n) is 2.83. The van der Waals surface area contributed by atoms with Crippen molar-refractivity contribution in [2.75, 3.05) is 26.3 Å². The highest BCUT2D eigenvalue weighted by Crippen LogP contribution is 2.30. The number of rotatable bonds is 4. The highest BCUT2D eigenvalue weighted by molar-refractivity contribution is 5.82. The Morgan fingerprint density at radius 3 is 3.00 bits per heavy atom. The molecular weight excluding hydrogens is 246 g/mol. The van der Waals surface area contributed by atoms with Crippen LogP contribution in [0.15, 0.2) is 0 Å². The normalized spacial score (nSPS) is 31.6. The zero-order valence-electron chi connectivity index (χ0n) is 11.1. The van der Waals surface area contributed by atoms with Crippen LogP contribution in [0.25, 0.3) is 0 Å². The molecule has 2 heterocycles. The number of nitrogens with one attached hydrogen (secondary N) is 2. The first-order valence-electron chi connectivity index (χ1n) is 7.12. The first-order chi connectivity index (χ1) is 9.22. The molecular formula is C13H21N3O3. The summed E-state index contributed by atoms with van der Waals surface area (Å²) >= 11 is 0. The van der Waals surface area contributed by atoms with E-state index < -0.39 is 0 Å². The average molecular weight is 267 g/mol. The van der Waals surface area contributed by atoms with Crippen molar-refractivity contribution in [3.63, 3.8) is 0 Å². The lowest BCUT2D eigenvalue weighted by Crippen LogP contribution is -2.46. The number of ether oxygens (including phenoxy) is 1. The van der Waals surface area contributed by atoms with Gasteiger partial charge in [0.1, 0.15) is 0 Å². The lowest BCUT2D eigenvalue weighted by atomic mass is 10.1.